The monoisotopic (exact) mass is 578 g/mol. The number of aliphatic imine (C=N–C) groups is 1. The summed E-state index contributed by atoms with van der Waals surface area (Å²) in [4.78, 5) is 35.2. The molecule has 0 fully saturated rings. The van der Waals surface area contributed by atoms with E-state index in [0.29, 0.717) is 17.1 Å². The standard InChI is InChI=1S/C26H23BrN6O3S/c1-13-14(2)37-26-22(13)23(30-20(10-21(34)36-4)24-32-31-15(3)33(24)26)16-5-7-19(8-6-16)29-25(35)17-9-18(27)12-28-11-17/h5-9,11-12,20H,10H2,1-4H3,(H,29,35)/t20-/m0/s1. The molecule has 1 aromatic carbocycles. The van der Waals surface area contributed by atoms with Gasteiger partial charge in [0.2, 0.25) is 0 Å². The summed E-state index contributed by atoms with van der Waals surface area (Å²) in [5, 5.41) is 12.5. The van der Waals surface area contributed by atoms with Crippen LogP contribution in [0.2, 0.25) is 0 Å². The van der Waals surface area contributed by atoms with Crippen molar-refractivity contribution >= 4 is 50.5 Å². The number of carbonyl (C=O) groups is 2. The molecular weight excluding hydrogens is 556 g/mol. The number of hydrogen-bond donors (Lipinski definition) is 1. The summed E-state index contributed by atoms with van der Waals surface area (Å²) in [5.74, 6) is 0.695. The Morgan fingerprint density at radius 1 is 1.14 bits per heavy atom. The minimum absolute atomic E-state index is 0.0416. The highest BCUT2D eigenvalue weighted by Gasteiger charge is 2.32. The maximum Gasteiger partial charge on any atom is 0.308 e. The number of carbonyl (C=O) groups excluding carboxylic acids is 2. The van der Waals surface area contributed by atoms with Crippen LogP contribution in [0.3, 0.4) is 0 Å². The summed E-state index contributed by atoms with van der Waals surface area (Å²) in [6, 6.07) is 8.64. The van der Waals surface area contributed by atoms with E-state index in [1.807, 2.05) is 35.8 Å². The lowest BCUT2D eigenvalue weighted by Gasteiger charge is -2.12. The number of pyridine rings is 1. The van der Waals surface area contributed by atoms with Crippen LogP contribution < -0.4 is 5.32 Å². The number of esters is 1. The van der Waals surface area contributed by atoms with Gasteiger partial charge in [-0.15, -0.1) is 21.5 Å². The highest BCUT2D eigenvalue weighted by molar-refractivity contribution is 9.10. The number of benzene rings is 1. The summed E-state index contributed by atoms with van der Waals surface area (Å²) in [6.07, 6.45) is 3.18. The maximum atomic E-state index is 12.7. The van der Waals surface area contributed by atoms with Crippen molar-refractivity contribution in [1.29, 1.82) is 0 Å². The van der Waals surface area contributed by atoms with Gasteiger partial charge in [-0.1, -0.05) is 12.1 Å². The van der Waals surface area contributed by atoms with E-state index in [2.05, 4.69) is 50.3 Å². The molecule has 0 spiro atoms. The number of amides is 1. The van der Waals surface area contributed by atoms with E-state index in [1.54, 1.807) is 23.6 Å². The first-order valence-electron chi connectivity index (χ1n) is 11.5. The fraction of sp³-hybridized carbons (Fsp3) is 0.231. The number of halogens is 1. The molecule has 37 heavy (non-hydrogen) atoms. The lowest BCUT2D eigenvalue weighted by Crippen LogP contribution is -2.13. The number of ether oxygens (including phenoxy) is 1. The number of methoxy groups -OCH3 is 1. The molecule has 0 saturated heterocycles. The number of thiophene rings is 1. The molecule has 9 nitrogen and oxygen atoms in total. The Kier molecular flexibility index (Phi) is 6.74. The van der Waals surface area contributed by atoms with Crippen LogP contribution in [-0.4, -0.2) is 44.4 Å². The second-order valence-electron chi connectivity index (χ2n) is 8.60. The number of nitrogens with zero attached hydrogens (tertiary/aromatic N) is 5. The van der Waals surface area contributed by atoms with Crippen molar-refractivity contribution in [2.75, 3.05) is 12.4 Å². The summed E-state index contributed by atoms with van der Waals surface area (Å²) in [5.41, 5.74) is 4.79. The Bertz CT molecular complexity index is 1560. The Hall–Kier alpha value is -3.70. The molecule has 0 bridgehead atoms. The van der Waals surface area contributed by atoms with Gasteiger partial charge in [0, 0.05) is 38.6 Å². The van der Waals surface area contributed by atoms with Crippen LogP contribution in [0.5, 0.6) is 0 Å². The minimum Gasteiger partial charge on any atom is -0.469 e. The molecule has 0 radical (unpaired) electrons. The van der Waals surface area contributed by atoms with Crippen molar-refractivity contribution in [1.82, 2.24) is 19.7 Å². The van der Waals surface area contributed by atoms with Gasteiger partial charge < -0.3 is 10.1 Å². The van der Waals surface area contributed by atoms with Gasteiger partial charge in [-0.2, -0.15) is 0 Å². The van der Waals surface area contributed by atoms with E-state index < -0.39 is 6.04 Å². The van der Waals surface area contributed by atoms with Crippen LogP contribution in [0, 0.1) is 20.8 Å². The largest absolute Gasteiger partial charge is 0.469 e. The molecule has 11 heteroatoms. The molecule has 1 amide bonds. The summed E-state index contributed by atoms with van der Waals surface area (Å²) >= 11 is 4.99. The van der Waals surface area contributed by atoms with Crippen LogP contribution in [-0.2, 0) is 9.53 Å². The zero-order chi connectivity index (χ0) is 26.3. The first-order valence-corrected chi connectivity index (χ1v) is 13.1. The Balaban J connectivity index is 1.55. The quantitative estimate of drug-likeness (QED) is 0.329. The molecule has 188 valence electrons. The normalized spacial score (nSPS) is 14.3. The van der Waals surface area contributed by atoms with Crippen molar-refractivity contribution in [2.45, 2.75) is 33.2 Å². The lowest BCUT2D eigenvalue weighted by atomic mass is 9.99. The molecule has 0 unspecified atom stereocenters. The summed E-state index contributed by atoms with van der Waals surface area (Å²) in [6.45, 7) is 6.04. The van der Waals surface area contributed by atoms with Gasteiger partial charge >= 0.3 is 5.97 Å². The van der Waals surface area contributed by atoms with E-state index in [1.165, 1.54) is 13.3 Å². The average Bonchev–Trinajstić information content (AvgIpc) is 3.36. The van der Waals surface area contributed by atoms with Gasteiger partial charge in [0.05, 0.1) is 24.8 Å². The van der Waals surface area contributed by atoms with Crippen LogP contribution in [0.4, 0.5) is 5.69 Å². The highest BCUT2D eigenvalue weighted by atomic mass is 79.9. The molecule has 1 N–H and O–H groups in total. The summed E-state index contributed by atoms with van der Waals surface area (Å²) in [7, 11) is 1.36. The number of hydrogen-bond acceptors (Lipinski definition) is 8. The van der Waals surface area contributed by atoms with Crippen molar-refractivity contribution < 1.29 is 14.3 Å². The van der Waals surface area contributed by atoms with Crippen molar-refractivity contribution in [2.24, 2.45) is 4.99 Å². The molecule has 0 aliphatic carbocycles. The Morgan fingerprint density at radius 2 is 1.89 bits per heavy atom. The lowest BCUT2D eigenvalue weighted by molar-refractivity contribution is -0.141. The second-order valence-corrected chi connectivity index (χ2v) is 10.7. The van der Waals surface area contributed by atoms with E-state index in [4.69, 9.17) is 9.73 Å². The first kappa shape index (κ1) is 25.0. The third-order valence-electron chi connectivity index (χ3n) is 6.21. The second kappa shape index (κ2) is 9.98. The zero-order valence-corrected chi connectivity index (χ0v) is 23.0. The SMILES string of the molecule is COC(=O)C[C@@H]1N=C(c2ccc(NC(=O)c3cncc(Br)c3)cc2)c2c(sc(C)c2C)-n2c(C)nnc21. The minimum atomic E-state index is -0.564. The van der Waals surface area contributed by atoms with Gasteiger partial charge in [-0.05, 0) is 60.5 Å². The van der Waals surface area contributed by atoms with Gasteiger partial charge in [0.15, 0.2) is 5.82 Å². The Labute approximate surface area is 225 Å². The van der Waals surface area contributed by atoms with Crippen LogP contribution >= 0.6 is 27.3 Å². The molecular formula is C26H23BrN6O3S. The molecule has 5 rings (SSSR count). The van der Waals surface area contributed by atoms with Crippen LogP contribution in [0.1, 0.15) is 56.0 Å². The third-order valence-corrected chi connectivity index (χ3v) is 7.84. The number of aromatic nitrogens is 4. The number of aryl methyl sites for hydroxylation is 2. The maximum absolute atomic E-state index is 12.7. The van der Waals surface area contributed by atoms with E-state index in [-0.39, 0.29) is 18.3 Å². The van der Waals surface area contributed by atoms with Crippen molar-refractivity contribution in [3.8, 4) is 5.00 Å². The topological polar surface area (TPSA) is 111 Å². The molecule has 4 aromatic rings. The molecule has 0 saturated carbocycles. The number of nitrogens with one attached hydrogen (secondary N) is 1. The van der Waals surface area contributed by atoms with Crippen LogP contribution in [0.25, 0.3) is 5.00 Å². The number of rotatable bonds is 5. The van der Waals surface area contributed by atoms with Crippen LogP contribution in [0.15, 0.2) is 52.2 Å². The van der Waals surface area contributed by atoms with E-state index in [0.717, 1.165) is 42.6 Å². The molecule has 1 atom stereocenters. The molecule has 1 aliphatic rings. The average molecular weight is 579 g/mol. The van der Waals surface area contributed by atoms with Gasteiger partial charge in [0.1, 0.15) is 16.9 Å². The highest BCUT2D eigenvalue weighted by Crippen LogP contribution is 2.39. The summed E-state index contributed by atoms with van der Waals surface area (Å²) < 4.78 is 7.66. The van der Waals surface area contributed by atoms with Gasteiger partial charge in [-0.25, -0.2) is 0 Å². The van der Waals surface area contributed by atoms with Crippen molar-refractivity contribution in [3.05, 3.63) is 86.0 Å². The van der Waals surface area contributed by atoms with E-state index in [9.17, 15) is 9.59 Å². The van der Waals surface area contributed by atoms with Crippen molar-refractivity contribution in [3.63, 3.8) is 0 Å². The number of anilines is 1. The van der Waals surface area contributed by atoms with Gasteiger partial charge in [0.25, 0.3) is 5.91 Å². The zero-order valence-electron chi connectivity index (χ0n) is 20.6. The molecule has 1 aliphatic heterocycles. The third kappa shape index (κ3) is 4.72. The van der Waals surface area contributed by atoms with Gasteiger partial charge in [-0.3, -0.25) is 24.1 Å². The van der Waals surface area contributed by atoms with E-state index >= 15 is 0 Å². The fourth-order valence-electron chi connectivity index (χ4n) is 4.22. The first-order chi connectivity index (χ1) is 17.8. The Morgan fingerprint density at radius 3 is 2.59 bits per heavy atom. The fourth-order valence-corrected chi connectivity index (χ4v) is 5.80. The molecule has 3 aromatic heterocycles. The predicted molar refractivity (Wildman–Crippen MR) is 145 cm³/mol. The molecule has 4 heterocycles. The predicted octanol–water partition coefficient (Wildman–Crippen LogP) is 5.12. The smallest absolute Gasteiger partial charge is 0.308 e. The number of fused-ring (bicyclic) bond motifs is 3.